The Balaban J connectivity index is 3.97. The van der Waals surface area contributed by atoms with Crippen LogP contribution in [0.5, 0.6) is 0 Å². The number of rotatable bonds is 8. The minimum atomic E-state index is -4.24. The molecule has 10 heteroatoms. The second-order valence-electron chi connectivity index (χ2n) is 2.85. The van der Waals surface area contributed by atoms with Gasteiger partial charge >= 0.3 is 0 Å². The van der Waals surface area contributed by atoms with Crippen LogP contribution in [0.3, 0.4) is 0 Å². The average Bonchev–Trinajstić information content (AvgIpc) is 2.17. The van der Waals surface area contributed by atoms with E-state index in [1.807, 2.05) is 0 Å². The fourth-order valence-corrected chi connectivity index (χ4v) is 1.76. The Hall–Kier alpha value is -0.320. The lowest BCUT2D eigenvalue weighted by Crippen LogP contribution is -2.19. The largest absolute Gasteiger partial charge is 0.297 e. The van der Waals surface area contributed by atoms with Crippen molar-refractivity contribution >= 4 is 20.2 Å². The molecule has 0 bridgehead atoms. The maximum absolute atomic E-state index is 11.8. The van der Waals surface area contributed by atoms with E-state index in [0.717, 1.165) is 0 Å². The van der Waals surface area contributed by atoms with Gasteiger partial charge in [0.15, 0.2) is 0 Å². The van der Waals surface area contributed by atoms with E-state index < -0.39 is 45.0 Å². The van der Waals surface area contributed by atoms with Crippen LogP contribution in [-0.2, 0) is 28.6 Å². The predicted molar refractivity (Wildman–Crippen MR) is 50.9 cm³/mol. The van der Waals surface area contributed by atoms with Gasteiger partial charge in [0.2, 0.25) is 12.0 Å². The van der Waals surface area contributed by atoms with Crippen molar-refractivity contribution in [2.75, 3.05) is 18.6 Å². The minimum absolute atomic E-state index is 0.127. The van der Waals surface area contributed by atoms with Crippen molar-refractivity contribution in [3.05, 3.63) is 0 Å². The first-order valence-corrected chi connectivity index (χ1v) is 7.28. The molecule has 16 heavy (non-hydrogen) atoms. The van der Waals surface area contributed by atoms with Gasteiger partial charge in [-0.3, -0.25) is 8.37 Å². The fourth-order valence-electron chi connectivity index (χ4n) is 0.697. The normalized spacial score (nSPS) is 14.9. The highest BCUT2D eigenvalue weighted by atomic mass is 32.2. The van der Waals surface area contributed by atoms with Crippen molar-refractivity contribution in [3.63, 3.8) is 0 Å². The quantitative estimate of drug-likeness (QED) is 0.596. The van der Waals surface area contributed by atoms with E-state index in [4.69, 9.17) is 0 Å². The van der Waals surface area contributed by atoms with E-state index in [0.29, 0.717) is 0 Å². The minimum Gasteiger partial charge on any atom is -0.268 e. The van der Waals surface area contributed by atoms with Gasteiger partial charge in [0.05, 0.1) is 12.7 Å². The van der Waals surface area contributed by atoms with Gasteiger partial charge in [0, 0.05) is 0 Å². The van der Waals surface area contributed by atoms with Crippen molar-refractivity contribution in [2.24, 2.45) is 0 Å². The summed E-state index contributed by atoms with van der Waals surface area (Å²) in [6, 6.07) is -3.33. The summed E-state index contributed by atoms with van der Waals surface area (Å²) in [5.74, 6) is 0. The summed E-state index contributed by atoms with van der Waals surface area (Å²) in [6.07, 6.45) is -1.08. The van der Waals surface area contributed by atoms with Crippen LogP contribution in [0.1, 0.15) is 13.3 Å². The molecular weight excluding hydrogens is 270 g/mol. The monoisotopic (exact) mass is 282 g/mol. The highest BCUT2D eigenvalue weighted by molar-refractivity contribution is 7.86. The van der Waals surface area contributed by atoms with E-state index >= 15 is 0 Å². The van der Waals surface area contributed by atoms with Gasteiger partial charge in [-0.25, -0.2) is 8.78 Å². The number of alkyl halides is 2. The van der Waals surface area contributed by atoms with Crippen molar-refractivity contribution in [2.45, 2.75) is 19.4 Å². The summed E-state index contributed by atoms with van der Waals surface area (Å²) < 4.78 is 74.2. The third-order valence-electron chi connectivity index (χ3n) is 1.37. The molecule has 6 nitrogen and oxygen atoms in total. The third-order valence-corrected chi connectivity index (χ3v) is 3.05. The number of halogens is 2. The second kappa shape index (κ2) is 6.42. The summed E-state index contributed by atoms with van der Waals surface area (Å²) in [7, 11) is -8.45. The molecule has 0 spiro atoms. The molecule has 0 aliphatic rings. The molecule has 98 valence electrons. The molecule has 0 aromatic rings. The number of hydrogen-bond acceptors (Lipinski definition) is 6. The van der Waals surface area contributed by atoms with E-state index in [1.54, 1.807) is 0 Å². The maximum Gasteiger partial charge on any atom is 0.297 e. The van der Waals surface area contributed by atoms with E-state index in [1.165, 1.54) is 6.92 Å². The van der Waals surface area contributed by atoms with Gasteiger partial charge < -0.3 is 0 Å². The molecule has 1 atom stereocenters. The van der Waals surface area contributed by atoms with Gasteiger partial charge in [-0.05, 0) is 13.3 Å². The van der Waals surface area contributed by atoms with Crippen LogP contribution in [-0.4, -0.2) is 41.6 Å². The van der Waals surface area contributed by atoms with Crippen LogP contribution < -0.4 is 0 Å². The molecule has 0 N–H and O–H groups in total. The Morgan fingerprint density at radius 1 is 1.06 bits per heavy atom. The zero-order valence-corrected chi connectivity index (χ0v) is 10.1. The first-order valence-electron chi connectivity index (χ1n) is 4.12. The Morgan fingerprint density at radius 2 is 1.56 bits per heavy atom. The molecule has 0 fully saturated rings. The molecule has 0 aromatic carbocycles. The first-order chi connectivity index (χ1) is 7.22. The van der Waals surface area contributed by atoms with E-state index in [2.05, 4.69) is 8.37 Å². The summed E-state index contributed by atoms with van der Waals surface area (Å²) in [5, 5.41) is 0. The Labute approximate surface area is 92.8 Å². The SMILES string of the molecule is CC(CCOS(=O)(=O)CF)OS(=O)(=O)CF. The van der Waals surface area contributed by atoms with Gasteiger partial charge in [-0.1, -0.05) is 0 Å². The number of hydrogen-bond donors (Lipinski definition) is 0. The smallest absolute Gasteiger partial charge is 0.268 e. The summed E-state index contributed by atoms with van der Waals surface area (Å²) in [5.41, 5.74) is 0. The van der Waals surface area contributed by atoms with Gasteiger partial charge in [0.25, 0.3) is 20.2 Å². The topological polar surface area (TPSA) is 86.7 Å². The zero-order chi connectivity index (χ0) is 12.8. The predicted octanol–water partition coefficient (Wildman–Crippen LogP) is 0.312. The molecule has 0 heterocycles. The van der Waals surface area contributed by atoms with E-state index in [-0.39, 0.29) is 6.42 Å². The van der Waals surface area contributed by atoms with Crippen LogP contribution in [0.4, 0.5) is 8.78 Å². The molecule has 0 aliphatic carbocycles. The Bertz CT molecular complexity index is 389. The van der Waals surface area contributed by atoms with Gasteiger partial charge in [-0.2, -0.15) is 16.8 Å². The fraction of sp³-hybridized carbons (Fsp3) is 1.00. The molecule has 0 saturated heterocycles. The van der Waals surface area contributed by atoms with Crippen LogP contribution in [0.25, 0.3) is 0 Å². The van der Waals surface area contributed by atoms with Crippen molar-refractivity contribution in [1.82, 2.24) is 0 Å². The Morgan fingerprint density at radius 3 is 2.00 bits per heavy atom. The van der Waals surface area contributed by atoms with Crippen molar-refractivity contribution < 1.29 is 34.0 Å². The first kappa shape index (κ1) is 15.7. The van der Waals surface area contributed by atoms with Crippen LogP contribution in [0.2, 0.25) is 0 Å². The van der Waals surface area contributed by atoms with Crippen LogP contribution >= 0.6 is 0 Å². The van der Waals surface area contributed by atoms with Gasteiger partial charge in [0.1, 0.15) is 0 Å². The molecule has 0 saturated carbocycles. The average molecular weight is 282 g/mol. The summed E-state index contributed by atoms with van der Waals surface area (Å²) in [4.78, 5) is 0. The lowest BCUT2D eigenvalue weighted by Gasteiger charge is -2.10. The standard InChI is InChI=1S/C6H12F2O6S2/c1-6(14-16(11,12)5-8)2-3-13-15(9,10)4-7/h6H,2-5H2,1H3. The van der Waals surface area contributed by atoms with Crippen LogP contribution in [0, 0.1) is 0 Å². The zero-order valence-electron chi connectivity index (χ0n) is 8.43. The molecule has 0 aliphatic heterocycles. The molecule has 0 amide bonds. The highest BCUT2D eigenvalue weighted by Gasteiger charge is 2.17. The van der Waals surface area contributed by atoms with E-state index in [9.17, 15) is 25.6 Å². The van der Waals surface area contributed by atoms with Crippen molar-refractivity contribution in [1.29, 1.82) is 0 Å². The summed E-state index contributed by atoms with van der Waals surface area (Å²) >= 11 is 0. The molecule has 0 radical (unpaired) electrons. The summed E-state index contributed by atoms with van der Waals surface area (Å²) in [6.45, 7) is 0.855. The third kappa shape index (κ3) is 7.04. The highest BCUT2D eigenvalue weighted by Crippen LogP contribution is 2.06. The lowest BCUT2D eigenvalue weighted by molar-refractivity contribution is 0.181. The molecule has 0 rings (SSSR count). The Kier molecular flexibility index (Phi) is 6.30. The molecule has 1 unspecified atom stereocenters. The second-order valence-corrected chi connectivity index (χ2v) is 5.95. The van der Waals surface area contributed by atoms with Crippen LogP contribution in [0.15, 0.2) is 0 Å². The lowest BCUT2D eigenvalue weighted by atomic mass is 10.3. The van der Waals surface area contributed by atoms with Crippen molar-refractivity contribution in [3.8, 4) is 0 Å². The molecular formula is C6H12F2O6S2. The maximum atomic E-state index is 11.8. The van der Waals surface area contributed by atoms with Gasteiger partial charge in [-0.15, -0.1) is 0 Å². The molecule has 0 aromatic heterocycles.